The fraction of sp³-hybridized carbons (Fsp3) is 0.462. The van der Waals surface area contributed by atoms with Gasteiger partial charge in [0.1, 0.15) is 5.75 Å². The molecule has 1 amide bonds. The Morgan fingerprint density at radius 1 is 1.35 bits per heavy atom. The lowest BCUT2D eigenvalue weighted by Crippen LogP contribution is -2.37. The third kappa shape index (κ3) is 6.31. The van der Waals surface area contributed by atoms with Gasteiger partial charge in [-0.25, -0.2) is 0 Å². The number of carbonyl (C=O) groups excluding carboxylic acids is 1. The van der Waals surface area contributed by atoms with Crippen LogP contribution in [-0.2, 0) is 4.79 Å². The van der Waals surface area contributed by atoms with Crippen LogP contribution in [0.5, 0.6) is 5.75 Å². The molecule has 0 heterocycles. The van der Waals surface area contributed by atoms with E-state index >= 15 is 0 Å². The minimum atomic E-state index is -0.0884. The normalized spacial score (nSPS) is 13.8. The number of amides is 1. The summed E-state index contributed by atoms with van der Waals surface area (Å²) >= 11 is 3.46. The highest BCUT2D eigenvalue weighted by atomic mass is 79.9. The average molecular weight is 300 g/mol. The van der Waals surface area contributed by atoms with Crippen LogP contribution in [0.3, 0.4) is 0 Å². The van der Waals surface area contributed by atoms with Crippen molar-refractivity contribution in [3.05, 3.63) is 30.3 Å². The van der Waals surface area contributed by atoms with E-state index in [1.165, 1.54) is 0 Å². The van der Waals surface area contributed by atoms with Crippen LogP contribution in [0.1, 0.15) is 20.3 Å². The van der Waals surface area contributed by atoms with Gasteiger partial charge in [0, 0.05) is 10.9 Å². The highest BCUT2D eigenvalue weighted by molar-refractivity contribution is 9.09. The SMILES string of the molecule is CC(Br)CC(C)NC(=O)COc1ccccc1. The smallest absolute Gasteiger partial charge is 0.258 e. The molecule has 3 nitrogen and oxygen atoms in total. The Labute approximate surface area is 111 Å². The lowest BCUT2D eigenvalue weighted by Gasteiger charge is -2.15. The van der Waals surface area contributed by atoms with Crippen LogP contribution in [0.25, 0.3) is 0 Å². The highest BCUT2D eigenvalue weighted by Crippen LogP contribution is 2.08. The third-order valence-corrected chi connectivity index (χ3v) is 2.57. The van der Waals surface area contributed by atoms with E-state index in [-0.39, 0.29) is 18.6 Å². The molecule has 2 atom stereocenters. The maximum atomic E-state index is 11.6. The van der Waals surface area contributed by atoms with E-state index in [0.717, 1.165) is 6.42 Å². The first kappa shape index (κ1) is 14.0. The summed E-state index contributed by atoms with van der Waals surface area (Å²) in [6.45, 7) is 4.10. The molecule has 4 heteroatoms. The summed E-state index contributed by atoms with van der Waals surface area (Å²) in [7, 11) is 0. The zero-order valence-corrected chi connectivity index (χ0v) is 11.7. The van der Waals surface area contributed by atoms with E-state index < -0.39 is 0 Å². The summed E-state index contributed by atoms with van der Waals surface area (Å²) in [5, 5.41) is 2.89. The van der Waals surface area contributed by atoms with Crippen molar-refractivity contribution < 1.29 is 9.53 Å². The monoisotopic (exact) mass is 299 g/mol. The van der Waals surface area contributed by atoms with Crippen molar-refractivity contribution in [3.8, 4) is 5.75 Å². The van der Waals surface area contributed by atoms with Crippen molar-refractivity contribution >= 4 is 21.8 Å². The molecule has 1 aromatic carbocycles. The van der Waals surface area contributed by atoms with Gasteiger partial charge in [0.15, 0.2) is 6.61 Å². The van der Waals surface area contributed by atoms with Gasteiger partial charge in [-0.3, -0.25) is 4.79 Å². The van der Waals surface area contributed by atoms with Crippen LogP contribution in [0.15, 0.2) is 30.3 Å². The molecule has 0 saturated heterocycles. The van der Waals surface area contributed by atoms with Crippen molar-refractivity contribution in [2.75, 3.05) is 6.61 Å². The molecule has 1 rings (SSSR count). The van der Waals surface area contributed by atoms with Crippen LogP contribution in [0, 0.1) is 0 Å². The number of carbonyl (C=O) groups is 1. The zero-order valence-electron chi connectivity index (χ0n) is 10.2. The number of benzene rings is 1. The zero-order chi connectivity index (χ0) is 12.7. The van der Waals surface area contributed by atoms with Gasteiger partial charge < -0.3 is 10.1 Å². The van der Waals surface area contributed by atoms with Crippen molar-refractivity contribution in [2.24, 2.45) is 0 Å². The van der Waals surface area contributed by atoms with Crippen LogP contribution in [0.4, 0.5) is 0 Å². The number of halogens is 1. The summed E-state index contributed by atoms with van der Waals surface area (Å²) in [5.41, 5.74) is 0. The third-order valence-electron chi connectivity index (χ3n) is 2.20. The lowest BCUT2D eigenvalue weighted by molar-refractivity contribution is -0.123. The van der Waals surface area contributed by atoms with Gasteiger partial charge in [0.05, 0.1) is 0 Å². The predicted molar refractivity (Wildman–Crippen MR) is 72.5 cm³/mol. The maximum Gasteiger partial charge on any atom is 0.258 e. The number of alkyl halides is 1. The Morgan fingerprint density at radius 3 is 2.59 bits per heavy atom. The van der Waals surface area contributed by atoms with Gasteiger partial charge in [-0.15, -0.1) is 0 Å². The van der Waals surface area contributed by atoms with Crippen LogP contribution < -0.4 is 10.1 Å². The summed E-state index contributed by atoms with van der Waals surface area (Å²) in [6.07, 6.45) is 0.900. The number of hydrogen-bond acceptors (Lipinski definition) is 2. The first-order valence-electron chi connectivity index (χ1n) is 5.69. The van der Waals surface area contributed by atoms with E-state index in [2.05, 4.69) is 28.2 Å². The minimum absolute atomic E-state index is 0.0605. The molecule has 2 unspecified atom stereocenters. The Hall–Kier alpha value is -1.03. The Balaban J connectivity index is 2.26. The van der Waals surface area contributed by atoms with Crippen LogP contribution in [-0.4, -0.2) is 23.4 Å². The highest BCUT2D eigenvalue weighted by Gasteiger charge is 2.09. The molecule has 0 aromatic heterocycles. The number of nitrogens with one attached hydrogen (secondary N) is 1. The molecule has 0 spiro atoms. The molecular weight excluding hydrogens is 282 g/mol. The number of para-hydroxylation sites is 1. The summed E-state index contributed by atoms with van der Waals surface area (Å²) in [6, 6.07) is 9.47. The number of ether oxygens (including phenoxy) is 1. The van der Waals surface area contributed by atoms with Crippen LogP contribution in [0.2, 0.25) is 0 Å². The molecular formula is C13H18BrNO2. The van der Waals surface area contributed by atoms with Gasteiger partial charge in [0.25, 0.3) is 5.91 Å². The standard InChI is InChI=1S/C13H18BrNO2/c1-10(14)8-11(2)15-13(16)9-17-12-6-4-3-5-7-12/h3-7,10-11H,8-9H2,1-2H3,(H,15,16). The van der Waals surface area contributed by atoms with Gasteiger partial charge in [-0.05, 0) is 25.5 Å². The van der Waals surface area contributed by atoms with Gasteiger partial charge in [-0.1, -0.05) is 41.1 Å². The van der Waals surface area contributed by atoms with E-state index in [9.17, 15) is 4.79 Å². The van der Waals surface area contributed by atoms with Crippen molar-refractivity contribution in [2.45, 2.75) is 31.1 Å². The van der Waals surface area contributed by atoms with E-state index in [1.807, 2.05) is 37.3 Å². The molecule has 1 N–H and O–H groups in total. The van der Waals surface area contributed by atoms with Gasteiger partial charge >= 0.3 is 0 Å². The fourth-order valence-corrected chi connectivity index (χ4v) is 2.09. The Kier molecular flexibility index (Phi) is 6.05. The molecule has 0 aliphatic heterocycles. The number of rotatable bonds is 6. The lowest BCUT2D eigenvalue weighted by atomic mass is 10.2. The quantitative estimate of drug-likeness (QED) is 0.820. The second-order valence-corrected chi connectivity index (χ2v) is 5.65. The summed E-state index contributed by atoms with van der Waals surface area (Å²) in [5.74, 6) is 0.624. The Morgan fingerprint density at radius 2 is 2.00 bits per heavy atom. The minimum Gasteiger partial charge on any atom is -0.484 e. The van der Waals surface area contributed by atoms with Gasteiger partial charge in [-0.2, -0.15) is 0 Å². The molecule has 0 fully saturated rings. The molecule has 1 aromatic rings. The molecule has 0 aliphatic carbocycles. The number of hydrogen-bond donors (Lipinski definition) is 1. The molecule has 0 radical (unpaired) electrons. The fourth-order valence-electron chi connectivity index (χ4n) is 1.53. The first-order chi connectivity index (χ1) is 8.08. The molecule has 0 saturated carbocycles. The summed E-state index contributed by atoms with van der Waals surface area (Å²) in [4.78, 5) is 12.0. The summed E-state index contributed by atoms with van der Waals surface area (Å²) < 4.78 is 5.35. The second-order valence-electron chi connectivity index (χ2n) is 4.09. The van der Waals surface area contributed by atoms with Crippen molar-refractivity contribution in [1.29, 1.82) is 0 Å². The molecule has 0 aliphatic rings. The van der Waals surface area contributed by atoms with Crippen molar-refractivity contribution in [1.82, 2.24) is 5.32 Å². The predicted octanol–water partition coefficient (Wildman–Crippen LogP) is 2.74. The van der Waals surface area contributed by atoms with Gasteiger partial charge in [0.2, 0.25) is 0 Å². The van der Waals surface area contributed by atoms with Crippen molar-refractivity contribution in [3.63, 3.8) is 0 Å². The molecule has 17 heavy (non-hydrogen) atoms. The average Bonchev–Trinajstić information content (AvgIpc) is 2.26. The topological polar surface area (TPSA) is 38.3 Å². The maximum absolute atomic E-state index is 11.6. The Bertz CT molecular complexity index is 341. The van der Waals surface area contributed by atoms with E-state index in [0.29, 0.717) is 10.6 Å². The molecule has 0 bridgehead atoms. The first-order valence-corrected chi connectivity index (χ1v) is 6.60. The molecule has 94 valence electrons. The van der Waals surface area contributed by atoms with Crippen LogP contribution >= 0.6 is 15.9 Å². The van der Waals surface area contributed by atoms with E-state index in [1.54, 1.807) is 0 Å². The van der Waals surface area contributed by atoms with E-state index in [4.69, 9.17) is 4.74 Å². The second kappa shape index (κ2) is 7.33. The largest absolute Gasteiger partial charge is 0.484 e.